The van der Waals surface area contributed by atoms with E-state index in [0.717, 1.165) is 12.6 Å². The molecule has 2 nitrogen and oxygen atoms in total. The number of hydrogen-bond donors (Lipinski definition) is 0. The van der Waals surface area contributed by atoms with Gasteiger partial charge < -0.3 is 9.64 Å². The molecule has 2 heteroatoms. The second-order valence-corrected chi connectivity index (χ2v) is 7.13. The van der Waals surface area contributed by atoms with E-state index in [2.05, 4.69) is 25.9 Å². The van der Waals surface area contributed by atoms with Gasteiger partial charge in [-0.15, -0.1) is 0 Å². The fourth-order valence-electron chi connectivity index (χ4n) is 3.14. The summed E-state index contributed by atoms with van der Waals surface area (Å²) in [5.74, 6) is 0. The molecule has 21 heavy (non-hydrogen) atoms. The molecule has 0 radical (unpaired) electrons. The van der Waals surface area contributed by atoms with Crippen molar-refractivity contribution in [3.8, 4) is 0 Å². The number of nitrogens with zero attached hydrogens (tertiary/aromatic N) is 1. The third kappa shape index (κ3) is 11.2. The van der Waals surface area contributed by atoms with Crippen molar-refractivity contribution in [1.29, 1.82) is 0 Å². The van der Waals surface area contributed by atoms with Gasteiger partial charge in [-0.3, -0.25) is 0 Å². The van der Waals surface area contributed by atoms with Gasteiger partial charge in [0.2, 0.25) is 0 Å². The quantitative estimate of drug-likeness (QED) is 0.297. The van der Waals surface area contributed by atoms with Crippen molar-refractivity contribution in [2.45, 2.75) is 103 Å². The Hall–Kier alpha value is -0.0800. The molecule has 0 spiro atoms. The molecule has 126 valence electrons. The van der Waals surface area contributed by atoms with E-state index in [0.29, 0.717) is 6.10 Å². The Morgan fingerprint density at radius 1 is 0.857 bits per heavy atom. The SMILES string of the molecule is CCCCCCCCCCCCCC(CC1CO1)N(C)C. The lowest BCUT2D eigenvalue weighted by Gasteiger charge is -2.23. The molecule has 0 aromatic carbocycles. The van der Waals surface area contributed by atoms with E-state index < -0.39 is 0 Å². The topological polar surface area (TPSA) is 15.8 Å². The summed E-state index contributed by atoms with van der Waals surface area (Å²) >= 11 is 0. The van der Waals surface area contributed by atoms with E-state index >= 15 is 0 Å². The van der Waals surface area contributed by atoms with E-state index in [4.69, 9.17) is 4.74 Å². The highest BCUT2D eigenvalue weighted by atomic mass is 16.6. The first-order chi connectivity index (χ1) is 10.2. The van der Waals surface area contributed by atoms with Crippen LogP contribution < -0.4 is 0 Å². The Kier molecular flexibility index (Phi) is 11.3. The van der Waals surface area contributed by atoms with Gasteiger partial charge in [-0.05, 0) is 26.9 Å². The molecule has 0 bridgehead atoms. The van der Waals surface area contributed by atoms with Gasteiger partial charge in [-0.2, -0.15) is 0 Å². The zero-order valence-electron chi connectivity index (χ0n) is 14.9. The largest absolute Gasteiger partial charge is 0.373 e. The maximum absolute atomic E-state index is 5.37. The first-order valence-corrected chi connectivity index (χ1v) is 9.52. The molecule has 1 aliphatic heterocycles. The molecule has 1 rings (SSSR count). The molecule has 1 fully saturated rings. The number of hydrogen-bond acceptors (Lipinski definition) is 2. The minimum atomic E-state index is 0.574. The summed E-state index contributed by atoms with van der Waals surface area (Å²) in [4.78, 5) is 2.39. The molecule has 0 aromatic heterocycles. The highest BCUT2D eigenvalue weighted by Crippen LogP contribution is 2.21. The number of unbranched alkanes of at least 4 members (excludes halogenated alkanes) is 10. The number of ether oxygens (including phenoxy) is 1. The zero-order valence-corrected chi connectivity index (χ0v) is 14.9. The standard InChI is InChI=1S/C19H39NO/c1-4-5-6-7-8-9-10-11-12-13-14-15-18(20(2)3)16-19-17-21-19/h18-19H,4-17H2,1-3H3. The van der Waals surface area contributed by atoms with Crippen LogP contribution >= 0.6 is 0 Å². The maximum Gasteiger partial charge on any atom is 0.0824 e. The Morgan fingerprint density at radius 3 is 1.76 bits per heavy atom. The van der Waals surface area contributed by atoms with Crippen molar-refractivity contribution >= 4 is 0 Å². The van der Waals surface area contributed by atoms with E-state index in [1.165, 1.54) is 83.5 Å². The van der Waals surface area contributed by atoms with E-state index in [1.807, 2.05) is 0 Å². The minimum Gasteiger partial charge on any atom is -0.373 e. The molecule has 0 amide bonds. The van der Waals surface area contributed by atoms with Gasteiger partial charge in [0.15, 0.2) is 0 Å². The Morgan fingerprint density at radius 2 is 1.33 bits per heavy atom. The lowest BCUT2D eigenvalue weighted by Crippen LogP contribution is -2.29. The highest BCUT2D eigenvalue weighted by Gasteiger charge is 2.27. The van der Waals surface area contributed by atoms with Crippen LogP contribution in [0.4, 0.5) is 0 Å². The first kappa shape index (κ1) is 19.0. The van der Waals surface area contributed by atoms with Crippen LogP contribution in [0.2, 0.25) is 0 Å². The summed E-state index contributed by atoms with van der Waals surface area (Å²) in [6.07, 6.45) is 19.0. The van der Waals surface area contributed by atoms with E-state index in [9.17, 15) is 0 Å². The molecule has 1 heterocycles. The first-order valence-electron chi connectivity index (χ1n) is 9.52. The molecule has 0 aromatic rings. The van der Waals surface area contributed by atoms with E-state index in [1.54, 1.807) is 0 Å². The molecule has 0 saturated carbocycles. The normalized spacial score (nSPS) is 19.1. The zero-order chi connectivity index (χ0) is 15.3. The van der Waals surface area contributed by atoms with Crippen molar-refractivity contribution in [1.82, 2.24) is 4.90 Å². The average molecular weight is 298 g/mol. The Bertz CT molecular complexity index is 226. The summed E-state index contributed by atoms with van der Waals surface area (Å²) in [6.45, 7) is 3.29. The fourth-order valence-corrected chi connectivity index (χ4v) is 3.14. The molecule has 1 aliphatic rings. The fraction of sp³-hybridized carbons (Fsp3) is 1.00. The highest BCUT2D eigenvalue weighted by molar-refractivity contribution is 4.78. The number of epoxide rings is 1. The Balaban J connectivity index is 1.82. The predicted molar refractivity (Wildman–Crippen MR) is 92.9 cm³/mol. The molecule has 2 unspecified atom stereocenters. The average Bonchev–Trinajstić information content (AvgIpc) is 3.27. The van der Waals surface area contributed by atoms with E-state index in [-0.39, 0.29) is 0 Å². The lowest BCUT2D eigenvalue weighted by molar-refractivity contribution is 0.235. The van der Waals surface area contributed by atoms with Gasteiger partial charge in [0.05, 0.1) is 12.7 Å². The lowest BCUT2D eigenvalue weighted by atomic mass is 10.0. The monoisotopic (exact) mass is 297 g/mol. The summed E-state index contributed by atoms with van der Waals surface area (Å²) in [5, 5.41) is 0. The predicted octanol–water partition coefficient (Wildman–Crippen LogP) is 5.41. The summed E-state index contributed by atoms with van der Waals surface area (Å²) in [6, 6.07) is 0.732. The Labute approximate surface area is 133 Å². The van der Waals surface area contributed by atoms with Crippen LogP contribution in [0.25, 0.3) is 0 Å². The maximum atomic E-state index is 5.37. The number of rotatable bonds is 15. The summed E-state index contributed by atoms with van der Waals surface area (Å²) in [7, 11) is 4.43. The molecule has 0 N–H and O–H groups in total. The molecular weight excluding hydrogens is 258 g/mol. The third-order valence-electron chi connectivity index (χ3n) is 4.81. The van der Waals surface area contributed by atoms with Crippen molar-refractivity contribution in [2.75, 3.05) is 20.7 Å². The van der Waals surface area contributed by atoms with Crippen LogP contribution in [0, 0.1) is 0 Å². The van der Waals surface area contributed by atoms with Crippen LogP contribution in [0.3, 0.4) is 0 Å². The smallest absolute Gasteiger partial charge is 0.0824 e. The van der Waals surface area contributed by atoms with Gasteiger partial charge >= 0.3 is 0 Å². The van der Waals surface area contributed by atoms with Crippen molar-refractivity contribution in [3.63, 3.8) is 0 Å². The summed E-state index contributed by atoms with van der Waals surface area (Å²) < 4.78 is 5.37. The second-order valence-electron chi connectivity index (χ2n) is 7.13. The molecule has 2 atom stereocenters. The van der Waals surface area contributed by atoms with Gasteiger partial charge in [0.1, 0.15) is 0 Å². The van der Waals surface area contributed by atoms with Crippen molar-refractivity contribution < 1.29 is 4.74 Å². The third-order valence-corrected chi connectivity index (χ3v) is 4.81. The van der Waals surface area contributed by atoms with Gasteiger partial charge in [-0.1, -0.05) is 77.6 Å². The minimum absolute atomic E-state index is 0.574. The molecular formula is C19H39NO. The second kappa shape index (κ2) is 12.5. The summed E-state index contributed by atoms with van der Waals surface area (Å²) in [5.41, 5.74) is 0. The van der Waals surface area contributed by atoms with Crippen LogP contribution in [-0.2, 0) is 4.74 Å². The van der Waals surface area contributed by atoms with Crippen molar-refractivity contribution in [3.05, 3.63) is 0 Å². The van der Waals surface area contributed by atoms with Crippen LogP contribution in [-0.4, -0.2) is 37.7 Å². The molecule has 1 saturated heterocycles. The van der Waals surface area contributed by atoms with Crippen molar-refractivity contribution in [2.24, 2.45) is 0 Å². The van der Waals surface area contributed by atoms with Crippen LogP contribution in [0.15, 0.2) is 0 Å². The van der Waals surface area contributed by atoms with Crippen LogP contribution in [0.1, 0.15) is 90.4 Å². The van der Waals surface area contributed by atoms with Gasteiger partial charge in [0, 0.05) is 6.04 Å². The van der Waals surface area contributed by atoms with Crippen LogP contribution in [0.5, 0.6) is 0 Å². The van der Waals surface area contributed by atoms with Gasteiger partial charge in [-0.25, -0.2) is 0 Å². The van der Waals surface area contributed by atoms with Gasteiger partial charge in [0.25, 0.3) is 0 Å². The molecule has 0 aliphatic carbocycles.